The molecule has 3 aromatic rings. The molecule has 0 saturated carbocycles. The maximum atomic E-state index is 12.5. The smallest absolute Gasteiger partial charge is 0.307 e. The van der Waals surface area contributed by atoms with Crippen molar-refractivity contribution in [2.75, 3.05) is 7.05 Å². The summed E-state index contributed by atoms with van der Waals surface area (Å²) < 4.78 is 3.33. The molecule has 0 N–H and O–H groups in total. The predicted octanol–water partition coefficient (Wildman–Crippen LogP) is 2.41. The van der Waals surface area contributed by atoms with Crippen molar-refractivity contribution in [1.82, 2.24) is 24.2 Å². The summed E-state index contributed by atoms with van der Waals surface area (Å²) in [6.45, 7) is 4.28. The summed E-state index contributed by atoms with van der Waals surface area (Å²) in [5, 5.41) is 5.92. The van der Waals surface area contributed by atoms with Crippen LogP contribution in [0.5, 0.6) is 0 Å². The molecule has 7 nitrogen and oxygen atoms in total. The van der Waals surface area contributed by atoms with Gasteiger partial charge in [0.2, 0.25) is 5.91 Å². The van der Waals surface area contributed by atoms with E-state index >= 15 is 0 Å². The van der Waals surface area contributed by atoms with Crippen molar-refractivity contribution in [1.29, 1.82) is 0 Å². The van der Waals surface area contributed by atoms with Crippen LogP contribution in [0.3, 0.4) is 0 Å². The lowest BCUT2D eigenvalue weighted by atomic mass is 10.1. The molecule has 0 fully saturated rings. The van der Waals surface area contributed by atoms with Gasteiger partial charge in [-0.1, -0.05) is 23.5 Å². The highest BCUT2D eigenvalue weighted by molar-refractivity contribution is 7.07. The van der Waals surface area contributed by atoms with Gasteiger partial charge in [0.15, 0.2) is 0 Å². The second kappa shape index (κ2) is 7.65. The molecule has 1 aromatic carbocycles. The van der Waals surface area contributed by atoms with E-state index in [0.717, 1.165) is 16.9 Å². The van der Waals surface area contributed by atoms with Crippen molar-refractivity contribution in [3.63, 3.8) is 0 Å². The van der Waals surface area contributed by atoms with E-state index in [4.69, 9.17) is 0 Å². The molecule has 1 unspecified atom stereocenters. The quantitative estimate of drug-likeness (QED) is 0.667. The number of hydrogen-bond donors (Lipinski definition) is 0. The minimum absolute atomic E-state index is 0.00959. The van der Waals surface area contributed by atoms with Crippen LogP contribution in [0.1, 0.15) is 30.6 Å². The molecular weight excluding hydrogens is 350 g/mol. The van der Waals surface area contributed by atoms with Crippen LogP contribution >= 0.6 is 11.3 Å². The fraction of sp³-hybridized carbons (Fsp3) is 0.333. The van der Waals surface area contributed by atoms with Crippen molar-refractivity contribution < 1.29 is 4.79 Å². The molecule has 136 valence electrons. The highest BCUT2D eigenvalue weighted by Crippen LogP contribution is 2.21. The molecule has 0 spiro atoms. The number of benzene rings is 1. The second-order valence-electron chi connectivity index (χ2n) is 6.16. The number of amides is 1. The first-order chi connectivity index (χ1) is 12.5. The van der Waals surface area contributed by atoms with Crippen LogP contribution in [0.2, 0.25) is 0 Å². The van der Waals surface area contributed by atoms with Crippen LogP contribution < -0.4 is 4.87 Å². The van der Waals surface area contributed by atoms with Crippen LogP contribution in [-0.4, -0.2) is 37.2 Å². The number of thiazole rings is 1. The Morgan fingerprint density at radius 2 is 2.04 bits per heavy atom. The molecule has 0 bridgehead atoms. The normalized spacial score (nSPS) is 12.1. The molecule has 0 saturated heterocycles. The van der Waals surface area contributed by atoms with Gasteiger partial charge in [-0.25, -0.2) is 9.67 Å². The summed E-state index contributed by atoms with van der Waals surface area (Å²) in [5.74, 6) is 0.00959. The summed E-state index contributed by atoms with van der Waals surface area (Å²) in [6.07, 6.45) is 3.43. The lowest BCUT2D eigenvalue weighted by molar-refractivity contribution is -0.132. The van der Waals surface area contributed by atoms with Crippen LogP contribution in [0.4, 0.5) is 0 Å². The monoisotopic (exact) mass is 371 g/mol. The minimum atomic E-state index is -0.0624. The third kappa shape index (κ3) is 3.75. The third-order valence-corrected chi connectivity index (χ3v) is 5.44. The van der Waals surface area contributed by atoms with E-state index in [-0.39, 0.29) is 16.8 Å². The Labute approximate surface area is 155 Å². The zero-order chi connectivity index (χ0) is 18.7. The van der Waals surface area contributed by atoms with Crippen molar-refractivity contribution in [3.05, 3.63) is 63.2 Å². The first-order valence-corrected chi connectivity index (χ1v) is 9.21. The standard InChI is InChI=1S/C18H21N5O2S/c1-13-10-26-18(25)22(13)9-8-17(24)21(3)14(2)15-4-6-16(7-5-15)23-12-19-11-20-23/h4-7,10-12,14H,8-9H2,1-3H3. The van der Waals surface area contributed by atoms with E-state index in [0.29, 0.717) is 13.0 Å². The van der Waals surface area contributed by atoms with Gasteiger partial charge in [0, 0.05) is 31.1 Å². The van der Waals surface area contributed by atoms with Gasteiger partial charge in [0.1, 0.15) is 12.7 Å². The van der Waals surface area contributed by atoms with Gasteiger partial charge in [-0.05, 0) is 31.5 Å². The average molecular weight is 371 g/mol. The fourth-order valence-corrected chi connectivity index (χ4v) is 3.51. The summed E-state index contributed by atoms with van der Waals surface area (Å²) >= 11 is 1.17. The van der Waals surface area contributed by atoms with Crippen molar-refractivity contribution >= 4 is 17.2 Å². The number of hydrogen-bond acceptors (Lipinski definition) is 5. The van der Waals surface area contributed by atoms with Crippen molar-refractivity contribution in [3.8, 4) is 5.69 Å². The minimum Gasteiger partial charge on any atom is -0.339 e. The van der Waals surface area contributed by atoms with Crippen LogP contribution in [0, 0.1) is 6.92 Å². The van der Waals surface area contributed by atoms with Gasteiger partial charge in [0.05, 0.1) is 11.7 Å². The SMILES string of the molecule is Cc1csc(=O)n1CCC(=O)N(C)C(C)c1ccc(-n2cncn2)cc1. The molecule has 2 heterocycles. The Kier molecular flexibility index (Phi) is 5.32. The molecule has 2 aromatic heterocycles. The molecule has 0 radical (unpaired) electrons. The lowest BCUT2D eigenvalue weighted by Crippen LogP contribution is -2.31. The number of carbonyl (C=O) groups excluding carboxylic acids is 1. The zero-order valence-corrected chi connectivity index (χ0v) is 15.8. The van der Waals surface area contributed by atoms with Gasteiger partial charge < -0.3 is 9.47 Å². The Morgan fingerprint density at radius 1 is 1.31 bits per heavy atom. The Morgan fingerprint density at radius 3 is 2.62 bits per heavy atom. The number of rotatable bonds is 6. The lowest BCUT2D eigenvalue weighted by Gasteiger charge is -2.25. The van der Waals surface area contributed by atoms with E-state index in [1.807, 2.05) is 43.5 Å². The fourth-order valence-electron chi connectivity index (χ4n) is 2.75. The predicted molar refractivity (Wildman–Crippen MR) is 100 cm³/mol. The van der Waals surface area contributed by atoms with E-state index in [9.17, 15) is 9.59 Å². The average Bonchev–Trinajstić information content (AvgIpc) is 3.29. The van der Waals surface area contributed by atoms with Crippen LogP contribution in [0.25, 0.3) is 5.69 Å². The summed E-state index contributed by atoms with van der Waals surface area (Å²) in [5.41, 5.74) is 2.85. The van der Waals surface area contributed by atoms with E-state index in [1.54, 1.807) is 27.5 Å². The zero-order valence-electron chi connectivity index (χ0n) is 15.0. The molecule has 26 heavy (non-hydrogen) atoms. The maximum Gasteiger partial charge on any atom is 0.307 e. The van der Waals surface area contributed by atoms with Gasteiger partial charge >= 0.3 is 4.87 Å². The van der Waals surface area contributed by atoms with Crippen molar-refractivity contribution in [2.24, 2.45) is 0 Å². The molecule has 1 amide bonds. The summed E-state index contributed by atoms with van der Waals surface area (Å²) in [6, 6.07) is 7.81. The molecule has 1 atom stereocenters. The Balaban J connectivity index is 1.64. The van der Waals surface area contributed by atoms with E-state index < -0.39 is 0 Å². The first kappa shape index (κ1) is 18.1. The van der Waals surface area contributed by atoms with E-state index in [2.05, 4.69) is 10.1 Å². The number of aromatic nitrogens is 4. The second-order valence-corrected chi connectivity index (χ2v) is 6.98. The topological polar surface area (TPSA) is 73.0 Å². The molecule has 8 heteroatoms. The number of nitrogens with zero attached hydrogens (tertiary/aromatic N) is 5. The molecular formula is C18H21N5O2S. The third-order valence-electron chi connectivity index (χ3n) is 4.56. The van der Waals surface area contributed by atoms with Gasteiger partial charge in [-0.15, -0.1) is 0 Å². The van der Waals surface area contributed by atoms with E-state index in [1.165, 1.54) is 17.7 Å². The van der Waals surface area contributed by atoms with Gasteiger partial charge in [0.25, 0.3) is 0 Å². The Hall–Kier alpha value is -2.74. The number of aryl methyl sites for hydroxylation is 1. The largest absolute Gasteiger partial charge is 0.339 e. The molecule has 0 aliphatic rings. The highest BCUT2D eigenvalue weighted by atomic mass is 32.1. The summed E-state index contributed by atoms with van der Waals surface area (Å²) in [7, 11) is 1.79. The Bertz CT molecular complexity index is 927. The molecule has 0 aliphatic heterocycles. The van der Waals surface area contributed by atoms with Crippen LogP contribution in [-0.2, 0) is 11.3 Å². The summed E-state index contributed by atoms with van der Waals surface area (Å²) in [4.78, 5) is 29.9. The molecule has 3 rings (SSSR count). The maximum absolute atomic E-state index is 12.5. The first-order valence-electron chi connectivity index (χ1n) is 8.33. The highest BCUT2D eigenvalue weighted by Gasteiger charge is 2.18. The number of carbonyl (C=O) groups is 1. The van der Waals surface area contributed by atoms with Crippen LogP contribution in [0.15, 0.2) is 47.1 Å². The van der Waals surface area contributed by atoms with Gasteiger partial charge in [-0.2, -0.15) is 5.10 Å². The molecule has 0 aliphatic carbocycles. The van der Waals surface area contributed by atoms with Crippen molar-refractivity contribution in [2.45, 2.75) is 32.9 Å². The van der Waals surface area contributed by atoms with Gasteiger partial charge in [-0.3, -0.25) is 9.59 Å².